The van der Waals surface area contributed by atoms with Crippen LogP contribution in [0.1, 0.15) is 37.9 Å². The van der Waals surface area contributed by atoms with Crippen molar-refractivity contribution in [1.82, 2.24) is 29.9 Å². The lowest BCUT2D eigenvalue weighted by Gasteiger charge is -2.28. The summed E-state index contributed by atoms with van der Waals surface area (Å²) < 4.78 is 63.3. The third-order valence-corrected chi connectivity index (χ3v) is 10.4. The number of rotatable bonds is 8. The minimum atomic E-state index is -5.08. The topological polar surface area (TPSA) is 152 Å². The molecule has 3 heterocycles. The lowest BCUT2D eigenvalue weighted by Crippen LogP contribution is -2.38. The van der Waals surface area contributed by atoms with Crippen molar-refractivity contribution in [1.29, 1.82) is 0 Å². The number of aromatic nitrogens is 5. The zero-order chi connectivity index (χ0) is 31.4. The summed E-state index contributed by atoms with van der Waals surface area (Å²) in [5, 5.41) is 24.2. The van der Waals surface area contributed by atoms with Crippen LogP contribution in [0.2, 0.25) is 0 Å². The molecule has 11 nitrogen and oxygen atoms in total. The molecular weight excluding hydrogens is 619 g/mol. The van der Waals surface area contributed by atoms with E-state index in [1.807, 2.05) is 35.0 Å². The summed E-state index contributed by atoms with van der Waals surface area (Å²) in [7, 11) is -3.70. The van der Waals surface area contributed by atoms with Gasteiger partial charge in [0.15, 0.2) is 5.82 Å². The standard InChI is InChI=1S/C26H29N7O2S2.C2HF3O2/c34-37(35,28-18-26(12-4-5-13-26)36-21-6-2-1-3-7-21)22-9-8-19-10-14-27-25(23(19)17-22)29-20-11-15-33-24(16-20)30-31-32-33;3-2(4,5)1(6)7/h1-3,6-10,14,17,20,28H,4-5,11-13,15-16,18H2,(H,27,29);(H,6,7). The number of nitrogens with zero attached hydrogens (tertiary/aromatic N) is 5. The normalized spacial score (nSPS) is 17.8. The largest absolute Gasteiger partial charge is 0.490 e. The summed E-state index contributed by atoms with van der Waals surface area (Å²) in [6.07, 6.45) is 2.43. The van der Waals surface area contributed by atoms with Gasteiger partial charge in [-0.05, 0) is 65.4 Å². The van der Waals surface area contributed by atoms with Crippen LogP contribution in [0.3, 0.4) is 0 Å². The van der Waals surface area contributed by atoms with E-state index in [1.54, 1.807) is 30.1 Å². The predicted octanol–water partition coefficient (Wildman–Crippen LogP) is 4.66. The number of thioether (sulfide) groups is 1. The van der Waals surface area contributed by atoms with Crippen LogP contribution in [0, 0.1) is 0 Å². The molecule has 6 rings (SSSR count). The molecule has 0 saturated heterocycles. The van der Waals surface area contributed by atoms with Gasteiger partial charge in [-0.1, -0.05) is 37.1 Å². The van der Waals surface area contributed by atoms with E-state index < -0.39 is 22.2 Å². The molecule has 2 aliphatic rings. The molecule has 1 aliphatic carbocycles. The first-order valence-electron chi connectivity index (χ1n) is 13.9. The summed E-state index contributed by atoms with van der Waals surface area (Å²) in [6.45, 7) is 1.14. The van der Waals surface area contributed by atoms with Crippen molar-refractivity contribution in [2.24, 2.45) is 0 Å². The predicted molar refractivity (Wildman–Crippen MR) is 158 cm³/mol. The van der Waals surface area contributed by atoms with Crippen LogP contribution in [0.4, 0.5) is 19.0 Å². The Bertz CT molecular complexity index is 1710. The van der Waals surface area contributed by atoms with E-state index in [0.29, 0.717) is 18.8 Å². The number of anilines is 1. The van der Waals surface area contributed by atoms with E-state index >= 15 is 0 Å². The molecule has 2 aromatic carbocycles. The van der Waals surface area contributed by atoms with Gasteiger partial charge in [0.25, 0.3) is 0 Å². The number of nitrogens with one attached hydrogen (secondary N) is 2. The zero-order valence-electron chi connectivity index (χ0n) is 23.4. The van der Waals surface area contributed by atoms with E-state index in [4.69, 9.17) is 9.90 Å². The van der Waals surface area contributed by atoms with Crippen LogP contribution < -0.4 is 10.0 Å². The Labute approximate surface area is 255 Å². The van der Waals surface area contributed by atoms with Crippen molar-refractivity contribution in [3.05, 3.63) is 66.6 Å². The third kappa shape index (κ3) is 7.65. The van der Waals surface area contributed by atoms with Gasteiger partial charge in [-0.15, -0.1) is 16.9 Å². The number of hydrogen-bond acceptors (Lipinski definition) is 9. The highest BCUT2D eigenvalue weighted by atomic mass is 32.2. The molecule has 4 aromatic rings. The number of sulfonamides is 1. The summed E-state index contributed by atoms with van der Waals surface area (Å²) in [5.74, 6) is -1.24. The second-order valence-electron chi connectivity index (χ2n) is 10.6. The van der Waals surface area contributed by atoms with Gasteiger partial charge in [-0.25, -0.2) is 27.6 Å². The quantitative estimate of drug-likeness (QED) is 0.246. The molecule has 3 N–H and O–H groups in total. The monoisotopic (exact) mass is 649 g/mol. The average Bonchev–Trinajstić information content (AvgIpc) is 3.66. The molecule has 0 bridgehead atoms. The number of halogens is 3. The molecule has 1 saturated carbocycles. The van der Waals surface area contributed by atoms with Crippen molar-refractivity contribution >= 4 is 44.3 Å². The Morgan fingerprint density at radius 2 is 1.84 bits per heavy atom. The number of aliphatic carboxylic acids is 1. The van der Waals surface area contributed by atoms with Gasteiger partial charge in [0, 0.05) is 46.8 Å². The summed E-state index contributed by atoms with van der Waals surface area (Å²) >= 11 is 1.79. The lowest BCUT2D eigenvalue weighted by molar-refractivity contribution is -0.192. The number of carbonyl (C=O) groups is 1. The first kappa shape index (κ1) is 31.7. The Hall–Kier alpha value is -3.76. The van der Waals surface area contributed by atoms with E-state index in [-0.39, 0.29) is 15.7 Å². The van der Waals surface area contributed by atoms with E-state index in [0.717, 1.165) is 55.2 Å². The summed E-state index contributed by atoms with van der Waals surface area (Å²) in [6, 6.07) is 17.5. The summed E-state index contributed by atoms with van der Waals surface area (Å²) in [5.41, 5.74) is 0. The highest BCUT2D eigenvalue weighted by molar-refractivity contribution is 8.00. The number of pyridine rings is 1. The molecule has 234 valence electrons. The number of alkyl halides is 3. The lowest BCUT2D eigenvalue weighted by atomic mass is 10.1. The molecule has 16 heteroatoms. The molecular formula is C28H30F3N7O4S2. The number of carboxylic acid groups (broad SMARTS) is 1. The molecule has 1 aliphatic heterocycles. The van der Waals surface area contributed by atoms with Crippen molar-refractivity contribution in [3.8, 4) is 0 Å². The van der Waals surface area contributed by atoms with E-state index in [1.165, 1.54) is 4.90 Å². The van der Waals surface area contributed by atoms with Crippen molar-refractivity contribution < 1.29 is 31.5 Å². The van der Waals surface area contributed by atoms with Gasteiger partial charge in [0.1, 0.15) is 5.82 Å². The van der Waals surface area contributed by atoms with Gasteiger partial charge in [-0.2, -0.15) is 13.2 Å². The molecule has 44 heavy (non-hydrogen) atoms. The van der Waals surface area contributed by atoms with Crippen LogP contribution in [0.15, 0.2) is 70.6 Å². The second kappa shape index (κ2) is 13.1. The fourth-order valence-electron chi connectivity index (χ4n) is 5.27. The number of hydrogen-bond donors (Lipinski definition) is 3. The molecule has 0 radical (unpaired) electrons. The van der Waals surface area contributed by atoms with Crippen molar-refractivity contribution in [2.45, 2.75) is 71.8 Å². The fourth-order valence-corrected chi connectivity index (χ4v) is 7.95. The first-order valence-corrected chi connectivity index (χ1v) is 16.2. The average molecular weight is 650 g/mol. The molecule has 1 fully saturated rings. The minimum Gasteiger partial charge on any atom is -0.475 e. The van der Waals surface area contributed by atoms with Crippen LogP contribution in [-0.4, -0.2) is 68.2 Å². The van der Waals surface area contributed by atoms with Crippen molar-refractivity contribution in [3.63, 3.8) is 0 Å². The maximum absolute atomic E-state index is 13.5. The van der Waals surface area contributed by atoms with Gasteiger partial charge in [-0.3, -0.25) is 0 Å². The molecule has 0 spiro atoms. The minimum absolute atomic E-state index is 0.118. The molecule has 2 aromatic heterocycles. The highest BCUT2D eigenvalue weighted by Gasteiger charge is 2.38. The van der Waals surface area contributed by atoms with Crippen LogP contribution in [-0.2, 0) is 27.8 Å². The first-order chi connectivity index (χ1) is 20.9. The Morgan fingerprint density at radius 1 is 1.11 bits per heavy atom. The SMILES string of the molecule is O=C(O)C(F)(F)F.O=S(=O)(NCC1(Sc2ccccc2)CCCC1)c1ccc2ccnc(NC3CCn4nnnc4C3)c2c1. The van der Waals surface area contributed by atoms with E-state index in [2.05, 4.69) is 42.7 Å². The van der Waals surface area contributed by atoms with Gasteiger partial charge >= 0.3 is 12.1 Å². The van der Waals surface area contributed by atoms with Crippen LogP contribution >= 0.6 is 11.8 Å². The number of carboxylic acids is 1. The Kier molecular flexibility index (Phi) is 9.41. The smallest absolute Gasteiger partial charge is 0.475 e. The van der Waals surface area contributed by atoms with Crippen LogP contribution in [0.25, 0.3) is 10.8 Å². The third-order valence-electron chi connectivity index (χ3n) is 7.53. The Morgan fingerprint density at radius 3 is 2.55 bits per heavy atom. The van der Waals surface area contributed by atoms with Crippen molar-refractivity contribution in [2.75, 3.05) is 11.9 Å². The number of benzene rings is 2. The molecule has 1 atom stereocenters. The number of tetrazole rings is 1. The maximum Gasteiger partial charge on any atom is 0.490 e. The van der Waals surface area contributed by atoms with Gasteiger partial charge in [0.05, 0.1) is 4.90 Å². The second-order valence-corrected chi connectivity index (χ2v) is 13.9. The maximum atomic E-state index is 13.5. The molecule has 1 unspecified atom stereocenters. The number of fused-ring (bicyclic) bond motifs is 2. The Balaban J connectivity index is 0.000000493. The van der Waals surface area contributed by atoms with Gasteiger partial charge in [0.2, 0.25) is 10.0 Å². The van der Waals surface area contributed by atoms with E-state index in [9.17, 15) is 21.6 Å². The highest BCUT2D eigenvalue weighted by Crippen LogP contribution is 2.45. The summed E-state index contributed by atoms with van der Waals surface area (Å²) in [4.78, 5) is 14.9. The fraction of sp³-hybridized carbons (Fsp3) is 0.393. The number of aryl methyl sites for hydroxylation is 1. The molecule has 0 amide bonds. The van der Waals surface area contributed by atoms with Gasteiger partial charge < -0.3 is 10.4 Å². The zero-order valence-corrected chi connectivity index (χ0v) is 25.0. The van der Waals surface area contributed by atoms with Crippen LogP contribution in [0.5, 0.6) is 0 Å².